The van der Waals surface area contributed by atoms with Gasteiger partial charge in [-0.15, -0.1) is 0 Å². The zero-order chi connectivity index (χ0) is 14.6. The number of hydrogen-bond donors (Lipinski definition) is 2. The summed E-state index contributed by atoms with van der Waals surface area (Å²) in [4.78, 5) is -0.726. The molecule has 108 valence electrons. The average Bonchev–Trinajstić information content (AvgIpc) is 2.31. The van der Waals surface area contributed by atoms with E-state index in [1.54, 1.807) is 13.8 Å². The van der Waals surface area contributed by atoms with Crippen molar-refractivity contribution in [3.05, 3.63) is 29.8 Å². The third kappa shape index (κ3) is 3.95. The van der Waals surface area contributed by atoms with Crippen LogP contribution in [-0.2, 0) is 10.0 Å². The lowest BCUT2D eigenvalue weighted by Gasteiger charge is -2.21. The Labute approximate surface area is 111 Å². The maximum atomic E-state index is 13.5. The third-order valence-electron chi connectivity index (χ3n) is 2.76. The highest BCUT2D eigenvalue weighted by Gasteiger charge is 2.26. The van der Waals surface area contributed by atoms with Gasteiger partial charge in [-0.3, -0.25) is 0 Å². The normalized spacial score (nSPS) is 13.8. The molecule has 1 atom stereocenters. The first kappa shape index (κ1) is 16.0. The molecule has 7 heteroatoms. The highest BCUT2D eigenvalue weighted by molar-refractivity contribution is 7.89. The van der Waals surface area contributed by atoms with Gasteiger partial charge in [0.2, 0.25) is 10.0 Å². The van der Waals surface area contributed by atoms with E-state index in [0.717, 1.165) is 18.2 Å². The third-order valence-corrected chi connectivity index (χ3v) is 4.26. The summed E-state index contributed by atoms with van der Waals surface area (Å²) in [5, 5.41) is 8.88. The summed E-state index contributed by atoms with van der Waals surface area (Å²) in [6, 6.07) is 2.43. The smallest absolute Gasteiger partial charge is 0.243 e. The second-order valence-electron chi connectivity index (χ2n) is 4.54. The molecule has 0 saturated heterocycles. The van der Waals surface area contributed by atoms with Gasteiger partial charge in [-0.05, 0) is 24.5 Å². The molecule has 1 rings (SSSR count). The van der Waals surface area contributed by atoms with Crippen molar-refractivity contribution < 1.29 is 22.3 Å². The summed E-state index contributed by atoms with van der Waals surface area (Å²) in [7, 11) is -4.16. The second kappa shape index (κ2) is 6.40. The zero-order valence-corrected chi connectivity index (χ0v) is 11.5. The van der Waals surface area contributed by atoms with E-state index in [9.17, 15) is 17.2 Å². The highest BCUT2D eigenvalue weighted by Crippen LogP contribution is 2.18. The van der Waals surface area contributed by atoms with Crippen molar-refractivity contribution >= 4 is 10.0 Å². The summed E-state index contributed by atoms with van der Waals surface area (Å²) in [5.41, 5.74) is 0. The van der Waals surface area contributed by atoms with Crippen LogP contribution in [0.3, 0.4) is 0 Å². The fourth-order valence-electron chi connectivity index (χ4n) is 1.62. The molecule has 2 N–H and O–H groups in total. The Bertz CT molecular complexity index is 532. The van der Waals surface area contributed by atoms with Crippen LogP contribution in [0.2, 0.25) is 0 Å². The number of nitrogens with one attached hydrogen (secondary N) is 1. The number of benzene rings is 1. The number of aliphatic hydroxyl groups excluding tert-OH is 1. The number of hydrogen-bond acceptors (Lipinski definition) is 3. The van der Waals surface area contributed by atoms with Gasteiger partial charge in [0.05, 0.1) is 0 Å². The summed E-state index contributed by atoms with van der Waals surface area (Å²) in [6.45, 7) is 3.34. The van der Waals surface area contributed by atoms with Gasteiger partial charge in [0.25, 0.3) is 0 Å². The van der Waals surface area contributed by atoms with E-state index >= 15 is 0 Å². The molecule has 0 unspecified atom stereocenters. The molecule has 0 heterocycles. The van der Waals surface area contributed by atoms with Crippen molar-refractivity contribution in [2.24, 2.45) is 5.92 Å². The molecule has 0 aliphatic carbocycles. The first-order valence-electron chi connectivity index (χ1n) is 5.86. The molecular weight excluding hydrogens is 276 g/mol. The largest absolute Gasteiger partial charge is 0.396 e. The molecule has 1 aromatic rings. The van der Waals surface area contributed by atoms with Gasteiger partial charge in [-0.1, -0.05) is 19.9 Å². The Morgan fingerprint density at radius 1 is 1.32 bits per heavy atom. The van der Waals surface area contributed by atoms with Crippen LogP contribution >= 0.6 is 0 Å². The first-order valence-corrected chi connectivity index (χ1v) is 7.35. The van der Waals surface area contributed by atoms with E-state index in [1.165, 1.54) is 0 Å². The van der Waals surface area contributed by atoms with Crippen molar-refractivity contribution in [3.63, 3.8) is 0 Å². The Kier molecular flexibility index (Phi) is 5.39. The summed E-state index contributed by atoms with van der Waals surface area (Å²) >= 11 is 0. The van der Waals surface area contributed by atoms with Crippen molar-refractivity contribution in [1.29, 1.82) is 0 Å². The molecule has 4 nitrogen and oxygen atoms in total. The average molecular weight is 293 g/mol. The molecule has 19 heavy (non-hydrogen) atoms. The summed E-state index contributed by atoms with van der Waals surface area (Å²) in [5.74, 6) is -2.70. The van der Waals surface area contributed by atoms with Crippen molar-refractivity contribution in [2.75, 3.05) is 6.61 Å². The van der Waals surface area contributed by atoms with Crippen molar-refractivity contribution in [3.8, 4) is 0 Å². The Morgan fingerprint density at radius 2 is 1.95 bits per heavy atom. The quantitative estimate of drug-likeness (QED) is 0.838. The molecule has 1 aromatic carbocycles. The monoisotopic (exact) mass is 293 g/mol. The lowest BCUT2D eigenvalue weighted by molar-refractivity contribution is 0.255. The van der Waals surface area contributed by atoms with Crippen molar-refractivity contribution in [2.45, 2.75) is 31.2 Å². The molecule has 0 aromatic heterocycles. The highest BCUT2D eigenvalue weighted by atomic mass is 32.2. The Morgan fingerprint density at radius 3 is 2.47 bits per heavy atom. The van der Waals surface area contributed by atoms with Gasteiger partial charge in [0, 0.05) is 12.6 Å². The predicted octanol–water partition coefficient (Wildman–Crippen LogP) is 1.65. The maximum absolute atomic E-state index is 13.5. The van der Waals surface area contributed by atoms with Gasteiger partial charge in [0.15, 0.2) is 11.6 Å². The first-order chi connectivity index (χ1) is 8.79. The topological polar surface area (TPSA) is 66.4 Å². The van der Waals surface area contributed by atoms with Crippen LogP contribution in [-0.4, -0.2) is 26.2 Å². The van der Waals surface area contributed by atoms with Crippen LogP contribution in [0, 0.1) is 17.6 Å². The molecule has 0 aliphatic rings. The zero-order valence-electron chi connectivity index (χ0n) is 10.7. The number of sulfonamides is 1. The Balaban J connectivity index is 3.07. The van der Waals surface area contributed by atoms with Crippen LogP contribution in [0.15, 0.2) is 23.1 Å². The van der Waals surface area contributed by atoms with Gasteiger partial charge in [-0.2, -0.15) is 0 Å². The molecule has 0 bridgehead atoms. The predicted molar refractivity (Wildman–Crippen MR) is 67.0 cm³/mol. The molecule has 0 spiro atoms. The minimum atomic E-state index is -4.16. The van der Waals surface area contributed by atoms with E-state index in [0.29, 0.717) is 0 Å². The molecular formula is C12H17F2NO3S. The van der Waals surface area contributed by atoms with Crippen molar-refractivity contribution in [1.82, 2.24) is 4.72 Å². The van der Waals surface area contributed by atoms with Crippen LogP contribution in [0.1, 0.15) is 20.3 Å². The van der Waals surface area contributed by atoms with E-state index in [2.05, 4.69) is 4.72 Å². The number of aliphatic hydroxyl groups is 1. The Hall–Kier alpha value is -1.05. The van der Waals surface area contributed by atoms with E-state index in [-0.39, 0.29) is 18.9 Å². The van der Waals surface area contributed by atoms with Crippen LogP contribution in [0.5, 0.6) is 0 Å². The van der Waals surface area contributed by atoms with Gasteiger partial charge < -0.3 is 5.11 Å². The van der Waals surface area contributed by atoms with E-state index < -0.39 is 32.6 Å². The standard InChI is InChI=1S/C12H17F2NO3S/c1-8(2)10(6-7-16)15-19(17,18)11-5-3-4-9(13)12(11)14/h3-5,8,10,15-16H,6-7H2,1-2H3/t10-/m0/s1. The molecule has 0 aliphatic heterocycles. The van der Waals surface area contributed by atoms with E-state index in [1.807, 2.05) is 0 Å². The fourth-order valence-corrected chi connectivity index (χ4v) is 3.13. The SMILES string of the molecule is CC(C)[C@H](CCO)NS(=O)(=O)c1cccc(F)c1F. The maximum Gasteiger partial charge on any atom is 0.243 e. The minimum Gasteiger partial charge on any atom is -0.396 e. The van der Waals surface area contributed by atoms with Crippen LogP contribution in [0.25, 0.3) is 0 Å². The summed E-state index contributed by atoms with van der Waals surface area (Å²) in [6.07, 6.45) is 0.202. The van der Waals surface area contributed by atoms with Gasteiger partial charge in [0.1, 0.15) is 4.90 Å². The molecule has 0 fully saturated rings. The fraction of sp³-hybridized carbons (Fsp3) is 0.500. The summed E-state index contributed by atoms with van der Waals surface area (Å²) < 4.78 is 52.8. The number of halogens is 2. The molecule has 0 saturated carbocycles. The lowest BCUT2D eigenvalue weighted by atomic mass is 10.0. The number of rotatable bonds is 6. The lowest BCUT2D eigenvalue weighted by Crippen LogP contribution is -2.39. The minimum absolute atomic E-state index is 0.0847. The van der Waals surface area contributed by atoms with Crippen LogP contribution < -0.4 is 4.72 Å². The molecule has 0 amide bonds. The van der Waals surface area contributed by atoms with Crippen LogP contribution in [0.4, 0.5) is 8.78 Å². The molecule has 0 radical (unpaired) electrons. The van der Waals surface area contributed by atoms with E-state index in [4.69, 9.17) is 5.11 Å². The van der Waals surface area contributed by atoms with Gasteiger partial charge >= 0.3 is 0 Å². The second-order valence-corrected chi connectivity index (χ2v) is 6.22. The van der Waals surface area contributed by atoms with Gasteiger partial charge in [-0.25, -0.2) is 21.9 Å².